The summed E-state index contributed by atoms with van der Waals surface area (Å²) >= 11 is 0. The topological polar surface area (TPSA) is 67.2 Å². The molecule has 0 fully saturated rings. The van der Waals surface area contributed by atoms with Crippen molar-refractivity contribution in [2.45, 2.75) is 40.2 Å². The summed E-state index contributed by atoms with van der Waals surface area (Å²) in [5.74, 6) is -0.312. The van der Waals surface area contributed by atoms with E-state index in [9.17, 15) is 13.6 Å². The second-order valence-corrected chi connectivity index (χ2v) is 5.65. The molecule has 0 radical (unpaired) electrons. The molecular weight excluding hydrogens is 280 g/mol. The van der Waals surface area contributed by atoms with E-state index >= 15 is 0 Å². The molecule has 0 aliphatic rings. The predicted molar refractivity (Wildman–Crippen MR) is 75.2 cm³/mol. The summed E-state index contributed by atoms with van der Waals surface area (Å²) in [6.07, 6.45) is -1.01. The summed E-state index contributed by atoms with van der Waals surface area (Å²) in [6, 6.07) is 0. The Morgan fingerprint density at radius 1 is 1.43 bits per heavy atom. The van der Waals surface area contributed by atoms with Crippen LogP contribution in [0.4, 0.5) is 8.78 Å². The van der Waals surface area contributed by atoms with Crippen LogP contribution in [0.1, 0.15) is 49.7 Å². The van der Waals surface area contributed by atoms with Crippen molar-refractivity contribution >= 4 is 5.91 Å². The van der Waals surface area contributed by atoms with Gasteiger partial charge in [0.15, 0.2) is 0 Å². The van der Waals surface area contributed by atoms with Crippen LogP contribution in [0.3, 0.4) is 0 Å². The van der Waals surface area contributed by atoms with Gasteiger partial charge < -0.3 is 10.4 Å². The van der Waals surface area contributed by atoms with Gasteiger partial charge in [-0.25, -0.2) is 8.78 Å². The molecule has 1 unspecified atom stereocenters. The van der Waals surface area contributed by atoms with E-state index in [1.165, 1.54) is 10.9 Å². The van der Waals surface area contributed by atoms with E-state index in [2.05, 4.69) is 10.4 Å². The Kier molecular flexibility index (Phi) is 6.74. The fraction of sp³-hybridized carbons (Fsp3) is 0.714. The Bertz CT molecular complexity index is 461. The second-order valence-electron chi connectivity index (χ2n) is 5.65. The minimum atomic E-state index is -2.75. The molecule has 0 aliphatic heterocycles. The van der Waals surface area contributed by atoms with Gasteiger partial charge in [-0.15, -0.1) is 0 Å². The first kappa shape index (κ1) is 17.6. The van der Waals surface area contributed by atoms with E-state index in [0.717, 1.165) is 0 Å². The fourth-order valence-electron chi connectivity index (χ4n) is 1.98. The standard InChI is InChI=1S/C14H23F2N3O2/c1-9(2)8-19-12(13(15)16)11(7-18-19)14(21)17-6-10(3)4-5-20/h7,9-10,13,20H,4-6,8H2,1-3H3,(H,17,21). The van der Waals surface area contributed by atoms with Crippen LogP contribution < -0.4 is 5.32 Å². The smallest absolute Gasteiger partial charge is 0.280 e. The largest absolute Gasteiger partial charge is 0.396 e. The van der Waals surface area contributed by atoms with Gasteiger partial charge in [0.25, 0.3) is 12.3 Å². The van der Waals surface area contributed by atoms with E-state index in [4.69, 9.17) is 5.11 Å². The number of aromatic nitrogens is 2. The van der Waals surface area contributed by atoms with Crippen LogP contribution in [0.5, 0.6) is 0 Å². The molecule has 7 heteroatoms. The molecule has 2 N–H and O–H groups in total. The summed E-state index contributed by atoms with van der Waals surface area (Å²) in [5.41, 5.74) is -0.419. The summed E-state index contributed by atoms with van der Waals surface area (Å²) < 4.78 is 27.6. The first-order valence-electron chi connectivity index (χ1n) is 7.09. The van der Waals surface area contributed by atoms with E-state index in [0.29, 0.717) is 19.5 Å². The second kappa shape index (κ2) is 8.07. The highest BCUT2D eigenvalue weighted by Gasteiger charge is 2.24. The molecule has 1 amide bonds. The maximum absolute atomic E-state index is 13.2. The van der Waals surface area contributed by atoms with E-state index in [-0.39, 0.29) is 29.7 Å². The molecule has 21 heavy (non-hydrogen) atoms. The number of aliphatic hydroxyl groups excluding tert-OH is 1. The van der Waals surface area contributed by atoms with Gasteiger partial charge in [0.1, 0.15) is 5.69 Å². The Hall–Kier alpha value is -1.50. The number of nitrogens with one attached hydrogen (secondary N) is 1. The molecule has 0 bridgehead atoms. The molecule has 0 saturated carbocycles. The molecule has 1 heterocycles. The third-order valence-electron chi connectivity index (χ3n) is 3.10. The van der Waals surface area contributed by atoms with Gasteiger partial charge in [-0.05, 0) is 18.3 Å². The number of rotatable bonds is 8. The number of nitrogens with zero attached hydrogens (tertiary/aromatic N) is 2. The number of carbonyl (C=O) groups is 1. The van der Waals surface area contributed by atoms with Crippen molar-refractivity contribution in [3.05, 3.63) is 17.5 Å². The van der Waals surface area contributed by atoms with Crippen molar-refractivity contribution in [2.75, 3.05) is 13.2 Å². The van der Waals surface area contributed by atoms with Crippen LogP contribution in [0.15, 0.2) is 6.20 Å². The number of alkyl halides is 2. The third kappa shape index (κ3) is 5.08. The zero-order chi connectivity index (χ0) is 16.0. The van der Waals surface area contributed by atoms with Crippen LogP contribution in [0.25, 0.3) is 0 Å². The summed E-state index contributed by atoms with van der Waals surface area (Å²) in [5, 5.41) is 15.3. The van der Waals surface area contributed by atoms with Gasteiger partial charge in [-0.1, -0.05) is 20.8 Å². The lowest BCUT2D eigenvalue weighted by Gasteiger charge is -2.13. The van der Waals surface area contributed by atoms with Crippen LogP contribution in [-0.4, -0.2) is 33.9 Å². The van der Waals surface area contributed by atoms with Crippen molar-refractivity contribution in [2.24, 2.45) is 11.8 Å². The van der Waals surface area contributed by atoms with Crippen LogP contribution in [0.2, 0.25) is 0 Å². The van der Waals surface area contributed by atoms with Gasteiger partial charge in [0, 0.05) is 19.7 Å². The van der Waals surface area contributed by atoms with Crippen molar-refractivity contribution in [3.8, 4) is 0 Å². The molecule has 1 aromatic rings. The first-order chi connectivity index (χ1) is 9.86. The van der Waals surface area contributed by atoms with Crippen molar-refractivity contribution in [1.29, 1.82) is 0 Å². The van der Waals surface area contributed by atoms with Crippen LogP contribution >= 0.6 is 0 Å². The van der Waals surface area contributed by atoms with Crippen LogP contribution in [-0.2, 0) is 6.54 Å². The summed E-state index contributed by atoms with van der Waals surface area (Å²) in [4.78, 5) is 12.0. The number of aliphatic hydroxyl groups is 1. The molecule has 1 atom stereocenters. The maximum Gasteiger partial charge on any atom is 0.280 e. The molecule has 0 spiro atoms. The Morgan fingerprint density at radius 3 is 2.62 bits per heavy atom. The molecule has 5 nitrogen and oxygen atoms in total. The Labute approximate surface area is 123 Å². The molecule has 0 aliphatic carbocycles. The van der Waals surface area contributed by atoms with Crippen molar-refractivity contribution in [1.82, 2.24) is 15.1 Å². The molecular formula is C14H23F2N3O2. The number of carbonyl (C=O) groups excluding carboxylic acids is 1. The number of hydrogen-bond acceptors (Lipinski definition) is 3. The van der Waals surface area contributed by atoms with Gasteiger partial charge in [-0.3, -0.25) is 9.48 Å². The SMILES string of the molecule is CC(C)Cn1ncc(C(=O)NCC(C)CCO)c1C(F)F. The van der Waals surface area contributed by atoms with Crippen molar-refractivity contribution in [3.63, 3.8) is 0 Å². The van der Waals surface area contributed by atoms with Gasteiger partial charge in [0.2, 0.25) is 0 Å². The summed E-state index contributed by atoms with van der Waals surface area (Å²) in [6.45, 7) is 6.37. The first-order valence-corrected chi connectivity index (χ1v) is 7.09. The van der Waals surface area contributed by atoms with Crippen LogP contribution in [0, 0.1) is 11.8 Å². The number of amides is 1. The van der Waals surface area contributed by atoms with E-state index < -0.39 is 12.3 Å². The molecule has 1 rings (SSSR count). The Balaban J connectivity index is 2.81. The van der Waals surface area contributed by atoms with Gasteiger partial charge in [-0.2, -0.15) is 5.10 Å². The average Bonchev–Trinajstić information content (AvgIpc) is 2.79. The fourth-order valence-corrected chi connectivity index (χ4v) is 1.98. The summed E-state index contributed by atoms with van der Waals surface area (Å²) in [7, 11) is 0. The minimum absolute atomic E-state index is 0.0334. The normalized spacial score (nSPS) is 13.0. The average molecular weight is 303 g/mol. The maximum atomic E-state index is 13.2. The lowest BCUT2D eigenvalue weighted by atomic mass is 10.1. The lowest BCUT2D eigenvalue weighted by molar-refractivity contribution is 0.0927. The highest BCUT2D eigenvalue weighted by molar-refractivity contribution is 5.95. The quantitative estimate of drug-likeness (QED) is 0.774. The highest BCUT2D eigenvalue weighted by atomic mass is 19.3. The monoisotopic (exact) mass is 303 g/mol. The lowest BCUT2D eigenvalue weighted by Crippen LogP contribution is -2.29. The third-order valence-corrected chi connectivity index (χ3v) is 3.10. The number of halogens is 2. The molecule has 0 aromatic carbocycles. The molecule has 120 valence electrons. The number of hydrogen-bond donors (Lipinski definition) is 2. The van der Waals surface area contributed by atoms with Crippen molar-refractivity contribution < 1.29 is 18.7 Å². The zero-order valence-electron chi connectivity index (χ0n) is 12.6. The van der Waals surface area contributed by atoms with Gasteiger partial charge >= 0.3 is 0 Å². The zero-order valence-corrected chi connectivity index (χ0v) is 12.6. The molecule has 1 aromatic heterocycles. The van der Waals surface area contributed by atoms with E-state index in [1.54, 1.807) is 0 Å². The minimum Gasteiger partial charge on any atom is -0.396 e. The van der Waals surface area contributed by atoms with Gasteiger partial charge in [0.05, 0.1) is 11.8 Å². The predicted octanol–water partition coefficient (Wildman–Crippen LogP) is 2.23. The Morgan fingerprint density at radius 2 is 2.10 bits per heavy atom. The highest BCUT2D eigenvalue weighted by Crippen LogP contribution is 2.23. The van der Waals surface area contributed by atoms with E-state index in [1.807, 2.05) is 20.8 Å². The molecule has 0 saturated heterocycles.